The van der Waals surface area contributed by atoms with E-state index in [-0.39, 0.29) is 0 Å². The maximum Gasteiger partial charge on any atom is 0.385 e. The highest BCUT2D eigenvalue weighted by Gasteiger charge is 3.02. The first-order valence-electron chi connectivity index (χ1n) is 5.67. The quantitative estimate of drug-likeness (QED) is 0.457. The summed E-state index contributed by atoms with van der Waals surface area (Å²) in [5.41, 5.74) is 0. The third-order valence-electron chi connectivity index (χ3n) is 3.57. The Kier molecular flexibility index (Phi) is 4.43. The zero-order valence-corrected chi connectivity index (χ0v) is 11.3. The number of hydrogen-bond donors (Lipinski definition) is 0. The predicted molar refractivity (Wildman–Crippen MR) is 44.1 cm³/mol. The van der Waals surface area contributed by atoms with E-state index in [1.54, 1.807) is 0 Å². The van der Waals surface area contributed by atoms with E-state index >= 15 is 0 Å². The molecular formula is C9F17O. The maximum atomic E-state index is 13.1. The molecule has 0 spiro atoms. The molecular weight excluding hydrogens is 447 g/mol. The van der Waals surface area contributed by atoms with Gasteiger partial charge in [-0.3, -0.25) is 0 Å². The minimum atomic E-state index is -8.61. The molecule has 0 aromatic heterocycles. The molecule has 0 unspecified atom stereocenters. The Hall–Kier alpha value is -1.23. The summed E-state index contributed by atoms with van der Waals surface area (Å²) in [6, 6.07) is 0. The van der Waals surface area contributed by atoms with E-state index in [0.29, 0.717) is 0 Å². The fourth-order valence-electron chi connectivity index (χ4n) is 1.78. The zero-order chi connectivity index (χ0) is 22.5. The van der Waals surface area contributed by atoms with Gasteiger partial charge in [0.05, 0.1) is 0 Å². The Morgan fingerprint density at radius 3 is 0.519 bits per heavy atom. The van der Waals surface area contributed by atoms with Crippen molar-refractivity contribution in [2.24, 2.45) is 0 Å². The summed E-state index contributed by atoms with van der Waals surface area (Å²) in [6.45, 7) is 0. The lowest BCUT2D eigenvalue weighted by atomic mass is 9.90. The smallest absolute Gasteiger partial charge is 0.195 e. The van der Waals surface area contributed by atoms with E-state index in [1.165, 1.54) is 0 Å². The summed E-state index contributed by atoms with van der Waals surface area (Å²) in [5, 5.41) is 10.5. The van der Waals surface area contributed by atoms with E-state index in [0.717, 1.165) is 0 Å². The SMILES string of the molecule is [O]C1(F)C(F)(F)C(F)(F)C(F)(F)C(F)(F)C(F)(F)C(F)(F)C(F)(F)C1(F)F. The molecule has 0 N–H and O–H groups in total. The first-order valence-corrected chi connectivity index (χ1v) is 5.67. The van der Waals surface area contributed by atoms with Crippen LogP contribution in [-0.2, 0) is 5.11 Å². The minimum Gasteiger partial charge on any atom is -0.195 e. The van der Waals surface area contributed by atoms with Gasteiger partial charge >= 0.3 is 53.2 Å². The molecule has 0 aliphatic heterocycles. The van der Waals surface area contributed by atoms with E-state index in [4.69, 9.17) is 0 Å². The molecule has 1 aliphatic rings. The van der Waals surface area contributed by atoms with Crippen LogP contribution in [0.4, 0.5) is 74.6 Å². The Morgan fingerprint density at radius 2 is 0.370 bits per heavy atom. The Labute approximate surface area is 134 Å². The van der Waals surface area contributed by atoms with E-state index in [9.17, 15) is 79.7 Å². The van der Waals surface area contributed by atoms with Crippen molar-refractivity contribution in [2.45, 2.75) is 53.2 Å². The van der Waals surface area contributed by atoms with Gasteiger partial charge in [0.1, 0.15) is 0 Å². The van der Waals surface area contributed by atoms with E-state index in [1.807, 2.05) is 0 Å². The van der Waals surface area contributed by atoms with E-state index < -0.39 is 53.2 Å². The van der Waals surface area contributed by atoms with Crippen LogP contribution in [0.25, 0.3) is 0 Å². The molecule has 0 saturated heterocycles. The second-order valence-corrected chi connectivity index (χ2v) is 5.19. The average molecular weight is 447 g/mol. The molecule has 0 bridgehead atoms. The van der Waals surface area contributed by atoms with Gasteiger partial charge < -0.3 is 0 Å². The molecule has 1 aliphatic carbocycles. The molecule has 0 amide bonds. The molecule has 1 saturated carbocycles. The van der Waals surface area contributed by atoms with Gasteiger partial charge in [0.2, 0.25) is 0 Å². The molecule has 27 heavy (non-hydrogen) atoms. The van der Waals surface area contributed by atoms with Crippen molar-refractivity contribution in [3.8, 4) is 0 Å². The highest BCUT2D eigenvalue weighted by Crippen LogP contribution is 2.69. The van der Waals surface area contributed by atoms with Gasteiger partial charge in [-0.15, -0.1) is 0 Å². The maximum absolute atomic E-state index is 13.1. The molecule has 1 rings (SSSR count). The third-order valence-corrected chi connectivity index (χ3v) is 3.57. The van der Waals surface area contributed by atoms with Crippen LogP contribution in [0.3, 0.4) is 0 Å². The van der Waals surface area contributed by atoms with E-state index in [2.05, 4.69) is 0 Å². The molecule has 0 aromatic carbocycles. The Morgan fingerprint density at radius 1 is 0.259 bits per heavy atom. The van der Waals surface area contributed by atoms with Crippen LogP contribution >= 0.6 is 0 Å². The van der Waals surface area contributed by atoms with Crippen molar-refractivity contribution in [3.05, 3.63) is 0 Å². The van der Waals surface area contributed by atoms with Crippen molar-refractivity contribution >= 4 is 0 Å². The van der Waals surface area contributed by atoms with Crippen molar-refractivity contribution in [1.82, 2.24) is 0 Å². The second kappa shape index (κ2) is 5.03. The fourth-order valence-corrected chi connectivity index (χ4v) is 1.78. The molecule has 0 heterocycles. The third kappa shape index (κ3) is 2.02. The molecule has 161 valence electrons. The number of alkyl halides is 17. The van der Waals surface area contributed by atoms with Crippen LogP contribution in [0.1, 0.15) is 0 Å². The normalized spacial score (nSPS) is 34.0. The highest BCUT2D eigenvalue weighted by molar-refractivity contribution is 5.23. The van der Waals surface area contributed by atoms with Gasteiger partial charge in [-0.2, -0.15) is 79.7 Å². The summed E-state index contributed by atoms with van der Waals surface area (Å²) in [5.74, 6) is -77.0. The van der Waals surface area contributed by atoms with Gasteiger partial charge in [0.25, 0.3) is 0 Å². The topological polar surface area (TPSA) is 19.9 Å². The molecule has 18 heteroatoms. The van der Waals surface area contributed by atoms with Crippen molar-refractivity contribution in [3.63, 3.8) is 0 Å². The lowest BCUT2D eigenvalue weighted by Gasteiger charge is -2.40. The standard InChI is InChI=1S/C9F17O/c10-1(11)2(12,13)4(16,17)6(20,21)8(24,25)9(26,27)7(22,23)5(18,19)3(1,14)15. The van der Waals surface area contributed by atoms with Crippen LogP contribution in [0.15, 0.2) is 0 Å². The number of rotatable bonds is 0. The molecule has 1 nitrogen and oxygen atoms in total. The summed E-state index contributed by atoms with van der Waals surface area (Å²) in [4.78, 5) is 0. The molecule has 0 aromatic rings. The highest BCUT2D eigenvalue weighted by atomic mass is 19.4. The van der Waals surface area contributed by atoms with Gasteiger partial charge in [0.15, 0.2) is 0 Å². The van der Waals surface area contributed by atoms with Crippen LogP contribution in [0, 0.1) is 0 Å². The largest absolute Gasteiger partial charge is 0.385 e. The number of hydrogen-bond acceptors (Lipinski definition) is 0. The Balaban J connectivity index is 4.27. The summed E-state index contributed by atoms with van der Waals surface area (Å²) >= 11 is 0. The molecule has 1 radical (unpaired) electrons. The van der Waals surface area contributed by atoms with Crippen LogP contribution < -0.4 is 0 Å². The van der Waals surface area contributed by atoms with Crippen LogP contribution in [0.5, 0.6) is 0 Å². The van der Waals surface area contributed by atoms with Crippen molar-refractivity contribution < 1.29 is 79.7 Å². The molecule has 0 atom stereocenters. The first kappa shape index (κ1) is 23.8. The predicted octanol–water partition coefficient (Wildman–Crippen LogP) is 5.18. The van der Waals surface area contributed by atoms with Crippen molar-refractivity contribution in [2.75, 3.05) is 0 Å². The summed E-state index contributed by atoms with van der Waals surface area (Å²) in [6.07, 6.45) is 0. The number of halogens is 17. The first-order chi connectivity index (χ1) is 11.2. The Bertz CT molecular complexity index is 409. The minimum absolute atomic E-state index is 8.39. The molecule has 1 fully saturated rings. The summed E-state index contributed by atoms with van der Waals surface area (Å²) < 4.78 is 221. The van der Waals surface area contributed by atoms with Crippen LogP contribution in [0.2, 0.25) is 0 Å². The average Bonchev–Trinajstić information content (AvgIpc) is 2.44. The van der Waals surface area contributed by atoms with Crippen LogP contribution in [-0.4, -0.2) is 53.2 Å². The van der Waals surface area contributed by atoms with Gasteiger partial charge in [-0.1, -0.05) is 0 Å². The van der Waals surface area contributed by atoms with Gasteiger partial charge in [-0.05, 0) is 0 Å². The summed E-state index contributed by atoms with van der Waals surface area (Å²) in [7, 11) is 0. The van der Waals surface area contributed by atoms with Gasteiger partial charge in [-0.25, -0.2) is 0 Å². The lowest BCUT2D eigenvalue weighted by Crippen LogP contribution is -2.73. The lowest BCUT2D eigenvalue weighted by molar-refractivity contribution is -0.470. The monoisotopic (exact) mass is 447 g/mol. The fraction of sp³-hybridized carbons (Fsp3) is 1.00. The zero-order valence-electron chi connectivity index (χ0n) is 11.3. The van der Waals surface area contributed by atoms with Gasteiger partial charge in [0, 0.05) is 0 Å². The van der Waals surface area contributed by atoms with Crippen molar-refractivity contribution in [1.29, 1.82) is 0 Å². The second-order valence-electron chi connectivity index (χ2n) is 5.19.